The van der Waals surface area contributed by atoms with Gasteiger partial charge in [0.1, 0.15) is 4.90 Å². The molecule has 0 saturated carbocycles. The molecule has 0 radical (unpaired) electrons. The second-order valence-electron chi connectivity index (χ2n) is 7.41. The van der Waals surface area contributed by atoms with Crippen molar-refractivity contribution in [1.29, 1.82) is 0 Å². The summed E-state index contributed by atoms with van der Waals surface area (Å²) in [5.74, 6) is 1.27. The quantitative estimate of drug-likeness (QED) is 0.394. The Morgan fingerprint density at radius 1 is 0.969 bits per heavy atom. The fourth-order valence-corrected chi connectivity index (χ4v) is 5.40. The Bertz CT molecular complexity index is 1200. The molecule has 0 atom stereocenters. The maximum absolute atomic E-state index is 12.8. The summed E-state index contributed by atoms with van der Waals surface area (Å²) in [5.41, 5.74) is 4.15. The van der Waals surface area contributed by atoms with E-state index in [0.29, 0.717) is 12.2 Å². The fraction of sp³-hybridized carbons (Fsp3) is 0.208. The SMILES string of the molecule is Cc1ccc(NS(=O)(=O)c2cc(C(=O)NCCSCc3cccc(C)c3)ccc2Cl)cc1. The number of anilines is 1. The minimum Gasteiger partial charge on any atom is -0.351 e. The Morgan fingerprint density at radius 3 is 2.44 bits per heavy atom. The zero-order valence-electron chi connectivity index (χ0n) is 17.9. The van der Waals surface area contributed by atoms with Gasteiger partial charge in [0.15, 0.2) is 0 Å². The standard InChI is InChI=1S/C24H25ClN2O3S2/c1-17-6-9-21(10-7-17)27-32(29,30)23-15-20(8-11-22(23)25)24(28)26-12-13-31-16-19-5-3-4-18(2)14-19/h3-11,14-15,27H,12-13,16H2,1-2H3,(H,26,28). The number of hydrogen-bond acceptors (Lipinski definition) is 4. The number of nitrogens with one attached hydrogen (secondary N) is 2. The smallest absolute Gasteiger partial charge is 0.263 e. The summed E-state index contributed by atoms with van der Waals surface area (Å²) in [5, 5.41) is 2.88. The van der Waals surface area contributed by atoms with Gasteiger partial charge in [0.05, 0.1) is 5.02 Å². The molecule has 3 aromatic carbocycles. The van der Waals surface area contributed by atoms with E-state index in [0.717, 1.165) is 17.1 Å². The van der Waals surface area contributed by atoms with Crippen LogP contribution in [0.2, 0.25) is 5.02 Å². The summed E-state index contributed by atoms with van der Waals surface area (Å²) in [7, 11) is -3.94. The Kier molecular flexibility index (Phi) is 8.23. The molecule has 2 N–H and O–H groups in total. The lowest BCUT2D eigenvalue weighted by Gasteiger charge is -2.12. The molecule has 0 spiro atoms. The van der Waals surface area contributed by atoms with E-state index in [2.05, 4.69) is 35.2 Å². The molecule has 8 heteroatoms. The van der Waals surface area contributed by atoms with Crippen molar-refractivity contribution in [2.45, 2.75) is 24.5 Å². The molecule has 3 aromatic rings. The average Bonchev–Trinajstić information content (AvgIpc) is 2.75. The zero-order valence-corrected chi connectivity index (χ0v) is 20.3. The Morgan fingerprint density at radius 2 is 1.72 bits per heavy atom. The number of amides is 1. The Balaban J connectivity index is 1.59. The molecule has 0 aliphatic heterocycles. The maximum Gasteiger partial charge on any atom is 0.263 e. The molecule has 0 heterocycles. The van der Waals surface area contributed by atoms with E-state index in [1.165, 1.54) is 29.3 Å². The number of aryl methyl sites for hydroxylation is 2. The second kappa shape index (κ2) is 10.9. The zero-order chi connectivity index (χ0) is 23.1. The number of carbonyl (C=O) groups is 1. The van der Waals surface area contributed by atoms with Crippen molar-refractivity contribution in [3.05, 3.63) is 94.0 Å². The van der Waals surface area contributed by atoms with Gasteiger partial charge in [-0.2, -0.15) is 11.8 Å². The summed E-state index contributed by atoms with van der Waals surface area (Å²) < 4.78 is 28.1. The van der Waals surface area contributed by atoms with E-state index in [1.807, 2.05) is 13.0 Å². The van der Waals surface area contributed by atoms with Gasteiger partial charge in [-0.25, -0.2) is 8.42 Å². The first kappa shape index (κ1) is 24.2. The third kappa shape index (κ3) is 6.76. The number of sulfonamides is 1. The van der Waals surface area contributed by atoms with E-state index in [-0.39, 0.29) is 21.4 Å². The van der Waals surface area contributed by atoms with Gasteiger partial charge in [-0.05, 0) is 49.7 Å². The lowest BCUT2D eigenvalue weighted by Crippen LogP contribution is -2.26. The molecule has 0 saturated heterocycles. The van der Waals surface area contributed by atoms with Crippen molar-refractivity contribution in [1.82, 2.24) is 5.32 Å². The summed E-state index contributed by atoms with van der Waals surface area (Å²) in [6.07, 6.45) is 0. The highest BCUT2D eigenvalue weighted by Crippen LogP contribution is 2.25. The summed E-state index contributed by atoms with van der Waals surface area (Å²) in [6, 6.07) is 19.5. The van der Waals surface area contributed by atoms with E-state index < -0.39 is 10.0 Å². The summed E-state index contributed by atoms with van der Waals surface area (Å²) >= 11 is 7.86. The van der Waals surface area contributed by atoms with E-state index in [1.54, 1.807) is 36.0 Å². The second-order valence-corrected chi connectivity index (χ2v) is 10.6. The number of hydrogen-bond donors (Lipinski definition) is 2. The van der Waals surface area contributed by atoms with Crippen LogP contribution in [-0.4, -0.2) is 26.6 Å². The first-order chi connectivity index (χ1) is 15.2. The molecule has 3 rings (SSSR count). The molecular formula is C24H25ClN2O3S2. The van der Waals surface area contributed by atoms with E-state index >= 15 is 0 Å². The lowest BCUT2D eigenvalue weighted by molar-refractivity contribution is 0.0956. The molecule has 0 aliphatic rings. The van der Waals surface area contributed by atoms with Crippen LogP contribution in [0.4, 0.5) is 5.69 Å². The van der Waals surface area contributed by atoms with Crippen molar-refractivity contribution in [2.75, 3.05) is 17.0 Å². The van der Waals surface area contributed by atoms with Gasteiger partial charge in [-0.15, -0.1) is 0 Å². The first-order valence-electron chi connectivity index (χ1n) is 10.0. The molecule has 1 amide bonds. The van der Waals surface area contributed by atoms with Crippen molar-refractivity contribution in [3.8, 4) is 0 Å². The van der Waals surface area contributed by atoms with Gasteiger partial charge in [-0.1, -0.05) is 59.1 Å². The van der Waals surface area contributed by atoms with Crippen LogP contribution in [0.15, 0.2) is 71.6 Å². The van der Waals surface area contributed by atoms with Crippen LogP contribution in [0, 0.1) is 13.8 Å². The summed E-state index contributed by atoms with van der Waals surface area (Å²) in [6.45, 7) is 4.45. The number of halogens is 1. The molecule has 32 heavy (non-hydrogen) atoms. The van der Waals surface area contributed by atoms with Crippen molar-refractivity contribution < 1.29 is 13.2 Å². The molecule has 168 valence electrons. The first-order valence-corrected chi connectivity index (χ1v) is 13.1. The van der Waals surface area contributed by atoms with Gasteiger partial charge in [0.25, 0.3) is 15.9 Å². The fourth-order valence-electron chi connectivity index (χ4n) is 3.01. The number of carbonyl (C=O) groups excluding carboxylic acids is 1. The van der Waals surface area contributed by atoms with Crippen molar-refractivity contribution in [2.24, 2.45) is 0 Å². The van der Waals surface area contributed by atoms with Crippen LogP contribution in [-0.2, 0) is 15.8 Å². The predicted molar refractivity (Wildman–Crippen MR) is 133 cm³/mol. The number of thioether (sulfide) groups is 1. The molecule has 0 unspecified atom stereocenters. The van der Waals surface area contributed by atoms with Gasteiger partial charge >= 0.3 is 0 Å². The summed E-state index contributed by atoms with van der Waals surface area (Å²) in [4.78, 5) is 12.4. The third-order valence-corrected chi connectivity index (χ3v) is 7.56. The highest BCUT2D eigenvalue weighted by Gasteiger charge is 2.20. The Labute approximate surface area is 198 Å². The highest BCUT2D eigenvalue weighted by molar-refractivity contribution is 7.98. The predicted octanol–water partition coefficient (Wildman–Crippen LogP) is 5.42. The average molecular weight is 489 g/mol. The van der Waals surface area contributed by atoms with E-state index in [9.17, 15) is 13.2 Å². The molecule has 0 aliphatic carbocycles. The van der Waals surface area contributed by atoms with Gasteiger partial charge < -0.3 is 5.32 Å². The van der Waals surface area contributed by atoms with Crippen molar-refractivity contribution in [3.63, 3.8) is 0 Å². The van der Waals surface area contributed by atoms with Gasteiger partial charge in [0.2, 0.25) is 0 Å². The largest absolute Gasteiger partial charge is 0.351 e. The molecule has 0 aromatic heterocycles. The number of rotatable bonds is 9. The molecule has 5 nitrogen and oxygen atoms in total. The van der Waals surface area contributed by atoms with E-state index in [4.69, 9.17) is 11.6 Å². The monoisotopic (exact) mass is 488 g/mol. The lowest BCUT2D eigenvalue weighted by atomic mass is 10.2. The molecule has 0 bridgehead atoms. The number of benzene rings is 3. The maximum atomic E-state index is 12.8. The van der Waals surface area contributed by atoms with Crippen LogP contribution in [0.5, 0.6) is 0 Å². The molecular weight excluding hydrogens is 464 g/mol. The van der Waals surface area contributed by atoms with Crippen LogP contribution < -0.4 is 10.0 Å². The third-order valence-electron chi connectivity index (χ3n) is 4.67. The minimum absolute atomic E-state index is 0.0508. The Hall–Kier alpha value is -2.48. The van der Waals surface area contributed by atoms with Gasteiger partial charge in [-0.3, -0.25) is 9.52 Å². The van der Waals surface area contributed by atoms with Crippen molar-refractivity contribution >= 4 is 45.0 Å². The van der Waals surface area contributed by atoms with Crippen LogP contribution >= 0.6 is 23.4 Å². The molecule has 0 fully saturated rings. The normalized spacial score (nSPS) is 11.2. The van der Waals surface area contributed by atoms with Crippen LogP contribution in [0.3, 0.4) is 0 Å². The highest BCUT2D eigenvalue weighted by atomic mass is 35.5. The van der Waals surface area contributed by atoms with Crippen LogP contribution in [0.25, 0.3) is 0 Å². The minimum atomic E-state index is -3.94. The van der Waals surface area contributed by atoms with Gasteiger partial charge in [0, 0.05) is 29.3 Å². The topological polar surface area (TPSA) is 75.3 Å². The van der Waals surface area contributed by atoms with Crippen LogP contribution in [0.1, 0.15) is 27.0 Å².